The minimum Gasteiger partial charge on any atom is -0.508 e. The standard InChI is InChI=1S/C18H28O3/c1-4-5-6-7-8-9-12-21-18(20)15-10-11-16(14(2)3)17(19)13-15/h10-11,13-14,19H,4-9,12H2,1-3H3. The summed E-state index contributed by atoms with van der Waals surface area (Å²) in [5.74, 6) is 0.0476. The maximum Gasteiger partial charge on any atom is 0.338 e. The van der Waals surface area contributed by atoms with Crippen LogP contribution in [0.3, 0.4) is 0 Å². The van der Waals surface area contributed by atoms with Gasteiger partial charge in [-0.15, -0.1) is 0 Å². The predicted octanol–water partition coefficient (Wildman–Crippen LogP) is 5.03. The van der Waals surface area contributed by atoms with Gasteiger partial charge in [0.2, 0.25) is 0 Å². The van der Waals surface area contributed by atoms with Gasteiger partial charge in [0.1, 0.15) is 5.75 Å². The van der Waals surface area contributed by atoms with Crippen LogP contribution >= 0.6 is 0 Å². The highest BCUT2D eigenvalue weighted by atomic mass is 16.5. The first kappa shape index (κ1) is 17.5. The number of phenolic OH excluding ortho intramolecular Hbond substituents is 1. The number of phenols is 1. The molecule has 3 nitrogen and oxygen atoms in total. The number of unbranched alkanes of at least 4 members (excludes halogenated alkanes) is 5. The van der Waals surface area contributed by atoms with Crippen molar-refractivity contribution in [3.05, 3.63) is 29.3 Å². The summed E-state index contributed by atoms with van der Waals surface area (Å²) in [6.45, 7) is 6.66. The molecule has 1 N–H and O–H groups in total. The highest BCUT2D eigenvalue weighted by Gasteiger charge is 2.12. The van der Waals surface area contributed by atoms with E-state index in [2.05, 4.69) is 6.92 Å². The fraction of sp³-hybridized carbons (Fsp3) is 0.611. The highest BCUT2D eigenvalue weighted by molar-refractivity contribution is 5.90. The largest absolute Gasteiger partial charge is 0.508 e. The third-order valence-corrected chi connectivity index (χ3v) is 3.62. The summed E-state index contributed by atoms with van der Waals surface area (Å²) in [7, 11) is 0. The second-order valence-corrected chi connectivity index (χ2v) is 5.83. The highest BCUT2D eigenvalue weighted by Crippen LogP contribution is 2.26. The molecule has 0 saturated heterocycles. The fourth-order valence-corrected chi connectivity index (χ4v) is 2.29. The number of rotatable bonds is 9. The van der Waals surface area contributed by atoms with Crippen LogP contribution in [-0.2, 0) is 4.74 Å². The van der Waals surface area contributed by atoms with E-state index in [1.165, 1.54) is 31.7 Å². The maximum atomic E-state index is 11.9. The van der Waals surface area contributed by atoms with E-state index in [1.54, 1.807) is 12.1 Å². The first-order valence-electron chi connectivity index (χ1n) is 8.06. The van der Waals surface area contributed by atoms with Crippen LogP contribution < -0.4 is 0 Å². The molecule has 0 amide bonds. The van der Waals surface area contributed by atoms with Gasteiger partial charge in [0.05, 0.1) is 12.2 Å². The first-order valence-corrected chi connectivity index (χ1v) is 8.06. The minimum atomic E-state index is -0.353. The molecule has 0 aromatic heterocycles. The van der Waals surface area contributed by atoms with E-state index in [4.69, 9.17) is 4.74 Å². The minimum absolute atomic E-state index is 0.166. The monoisotopic (exact) mass is 292 g/mol. The number of aromatic hydroxyl groups is 1. The quantitative estimate of drug-likeness (QED) is 0.512. The number of benzene rings is 1. The normalized spacial score (nSPS) is 10.9. The average Bonchev–Trinajstić information content (AvgIpc) is 2.45. The smallest absolute Gasteiger partial charge is 0.338 e. The Morgan fingerprint density at radius 2 is 1.81 bits per heavy atom. The number of ether oxygens (including phenoxy) is 1. The lowest BCUT2D eigenvalue weighted by Crippen LogP contribution is -2.06. The van der Waals surface area contributed by atoms with Crippen molar-refractivity contribution < 1.29 is 14.6 Å². The Bertz CT molecular complexity index is 438. The molecule has 0 unspecified atom stereocenters. The molecular weight excluding hydrogens is 264 g/mol. The van der Waals surface area contributed by atoms with Gasteiger partial charge in [-0.2, -0.15) is 0 Å². The van der Waals surface area contributed by atoms with Gasteiger partial charge in [0, 0.05) is 0 Å². The van der Waals surface area contributed by atoms with Crippen LogP contribution in [0.15, 0.2) is 18.2 Å². The van der Waals surface area contributed by atoms with E-state index in [0.717, 1.165) is 18.4 Å². The zero-order valence-corrected chi connectivity index (χ0v) is 13.5. The Labute approximate surface area is 128 Å². The number of carbonyl (C=O) groups is 1. The van der Waals surface area contributed by atoms with Gasteiger partial charge in [0.15, 0.2) is 0 Å². The molecule has 0 fully saturated rings. The molecule has 0 aliphatic rings. The van der Waals surface area contributed by atoms with Crippen molar-refractivity contribution in [3.8, 4) is 5.75 Å². The first-order chi connectivity index (χ1) is 10.1. The molecule has 0 spiro atoms. The summed E-state index contributed by atoms with van der Waals surface area (Å²) in [6.07, 6.45) is 6.99. The second-order valence-electron chi connectivity index (χ2n) is 5.83. The van der Waals surface area contributed by atoms with Gasteiger partial charge in [0.25, 0.3) is 0 Å². The van der Waals surface area contributed by atoms with Crippen molar-refractivity contribution in [3.63, 3.8) is 0 Å². The van der Waals surface area contributed by atoms with Crippen molar-refractivity contribution in [2.24, 2.45) is 0 Å². The Morgan fingerprint density at radius 3 is 2.43 bits per heavy atom. The van der Waals surface area contributed by atoms with Crippen molar-refractivity contribution in [2.45, 2.75) is 65.2 Å². The van der Waals surface area contributed by atoms with Gasteiger partial charge in [-0.1, -0.05) is 58.9 Å². The Hall–Kier alpha value is -1.51. The van der Waals surface area contributed by atoms with Crippen molar-refractivity contribution in [2.75, 3.05) is 6.61 Å². The lowest BCUT2D eigenvalue weighted by molar-refractivity contribution is 0.0497. The van der Waals surface area contributed by atoms with Crippen molar-refractivity contribution in [1.82, 2.24) is 0 Å². The Morgan fingerprint density at radius 1 is 1.14 bits per heavy atom. The van der Waals surface area contributed by atoms with E-state index in [-0.39, 0.29) is 17.6 Å². The van der Waals surface area contributed by atoms with E-state index in [1.807, 2.05) is 13.8 Å². The van der Waals surface area contributed by atoms with Crippen LogP contribution in [0.2, 0.25) is 0 Å². The zero-order valence-electron chi connectivity index (χ0n) is 13.5. The van der Waals surface area contributed by atoms with Gasteiger partial charge in [-0.25, -0.2) is 4.79 Å². The summed E-state index contributed by atoms with van der Waals surface area (Å²) in [5.41, 5.74) is 1.27. The number of esters is 1. The Balaban J connectivity index is 2.34. The number of hydrogen-bond acceptors (Lipinski definition) is 3. The molecule has 1 aromatic rings. The van der Waals surface area contributed by atoms with Crippen molar-refractivity contribution >= 4 is 5.97 Å². The van der Waals surface area contributed by atoms with Crippen LogP contribution in [0, 0.1) is 0 Å². The Kier molecular flexibility index (Phi) is 7.88. The second kappa shape index (κ2) is 9.43. The summed E-state index contributed by atoms with van der Waals surface area (Å²) >= 11 is 0. The van der Waals surface area contributed by atoms with E-state index < -0.39 is 0 Å². The summed E-state index contributed by atoms with van der Waals surface area (Å²) in [6, 6.07) is 5.01. The molecule has 0 aliphatic carbocycles. The topological polar surface area (TPSA) is 46.5 Å². The molecule has 0 bridgehead atoms. The number of hydrogen-bond donors (Lipinski definition) is 1. The van der Waals surface area contributed by atoms with E-state index >= 15 is 0 Å². The fourth-order valence-electron chi connectivity index (χ4n) is 2.29. The van der Waals surface area contributed by atoms with Gasteiger partial charge < -0.3 is 9.84 Å². The predicted molar refractivity (Wildman–Crippen MR) is 85.9 cm³/mol. The molecule has 0 atom stereocenters. The van der Waals surface area contributed by atoms with Crippen LogP contribution in [0.5, 0.6) is 5.75 Å². The van der Waals surface area contributed by atoms with Crippen LogP contribution in [-0.4, -0.2) is 17.7 Å². The van der Waals surface area contributed by atoms with Gasteiger partial charge >= 0.3 is 5.97 Å². The molecular formula is C18H28O3. The van der Waals surface area contributed by atoms with Gasteiger partial charge in [-0.3, -0.25) is 0 Å². The van der Waals surface area contributed by atoms with Crippen molar-refractivity contribution in [1.29, 1.82) is 0 Å². The molecule has 118 valence electrons. The molecule has 0 saturated carbocycles. The lowest BCUT2D eigenvalue weighted by Gasteiger charge is -2.10. The molecule has 0 heterocycles. The number of carbonyl (C=O) groups excluding carboxylic acids is 1. The molecule has 21 heavy (non-hydrogen) atoms. The van der Waals surface area contributed by atoms with E-state index in [9.17, 15) is 9.90 Å². The maximum absolute atomic E-state index is 11.9. The van der Waals surface area contributed by atoms with Gasteiger partial charge in [-0.05, 0) is 30.0 Å². The lowest BCUT2D eigenvalue weighted by atomic mass is 10.0. The summed E-state index contributed by atoms with van der Waals surface area (Å²) in [4.78, 5) is 11.9. The average molecular weight is 292 g/mol. The third kappa shape index (κ3) is 6.19. The van der Waals surface area contributed by atoms with Crippen LogP contribution in [0.25, 0.3) is 0 Å². The molecule has 1 aromatic carbocycles. The zero-order chi connectivity index (χ0) is 15.7. The van der Waals surface area contributed by atoms with Crippen LogP contribution in [0.1, 0.15) is 81.1 Å². The SMILES string of the molecule is CCCCCCCCOC(=O)c1ccc(C(C)C)c(O)c1. The summed E-state index contributed by atoms with van der Waals surface area (Å²) < 4.78 is 5.24. The van der Waals surface area contributed by atoms with Crippen LogP contribution in [0.4, 0.5) is 0 Å². The summed E-state index contributed by atoms with van der Waals surface area (Å²) in [5, 5.41) is 9.89. The molecule has 0 aliphatic heterocycles. The molecule has 3 heteroatoms. The van der Waals surface area contributed by atoms with E-state index in [0.29, 0.717) is 12.2 Å². The molecule has 1 rings (SSSR count). The molecule has 0 radical (unpaired) electrons. The third-order valence-electron chi connectivity index (χ3n) is 3.62.